The van der Waals surface area contributed by atoms with Crippen LogP contribution in [-0.4, -0.2) is 22.9 Å². The fourth-order valence-corrected chi connectivity index (χ4v) is 3.63. The summed E-state index contributed by atoms with van der Waals surface area (Å²) in [5.74, 6) is 0.518. The molecule has 2 aliphatic carbocycles. The molecule has 4 atom stereocenters. The summed E-state index contributed by atoms with van der Waals surface area (Å²) in [6, 6.07) is -0.834. The largest absolute Gasteiger partial charge is 0.347 e. The van der Waals surface area contributed by atoms with Gasteiger partial charge in [-0.25, -0.2) is 0 Å². The highest BCUT2D eigenvalue weighted by Crippen LogP contribution is 2.41. The van der Waals surface area contributed by atoms with Gasteiger partial charge >= 0.3 is 0 Å². The molecule has 0 radical (unpaired) electrons. The zero-order valence-electron chi connectivity index (χ0n) is 10.2. The molecular formula is C12H20N2O3. The summed E-state index contributed by atoms with van der Waals surface area (Å²) in [6.07, 6.45) is 6.16. The van der Waals surface area contributed by atoms with E-state index >= 15 is 0 Å². The number of fused-ring (bicyclic) bond motifs is 1. The molecule has 0 aromatic heterocycles. The van der Waals surface area contributed by atoms with Gasteiger partial charge in [-0.3, -0.25) is 14.9 Å². The summed E-state index contributed by atoms with van der Waals surface area (Å²) in [5, 5.41) is 14.0. The van der Waals surface area contributed by atoms with Crippen molar-refractivity contribution in [3.8, 4) is 0 Å². The Labute approximate surface area is 101 Å². The predicted octanol–water partition coefficient (Wildman–Crippen LogP) is 1.74. The summed E-state index contributed by atoms with van der Waals surface area (Å²) in [7, 11) is 0. The van der Waals surface area contributed by atoms with Gasteiger partial charge in [0, 0.05) is 17.8 Å². The number of nitrogens with zero attached hydrogens (tertiary/aromatic N) is 1. The molecule has 5 heteroatoms. The molecule has 2 aliphatic rings. The van der Waals surface area contributed by atoms with Crippen LogP contribution in [0.25, 0.3) is 0 Å². The van der Waals surface area contributed by atoms with Gasteiger partial charge in [-0.1, -0.05) is 12.8 Å². The normalized spacial score (nSPS) is 37.0. The van der Waals surface area contributed by atoms with Crippen molar-refractivity contribution in [2.24, 2.45) is 11.8 Å². The number of nitro groups is 1. The SMILES string of the molecule is CC(=O)NC1CCC2CCCCC2C1[N+](=O)[O-]. The lowest BCUT2D eigenvalue weighted by molar-refractivity contribution is -0.542. The van der Waals surface area contributed by atoms with Gasteiger partial charge in [-0.05, 0) is 31.6 Å². The second-order valence-corrected chi connectivity index (χ2v) is 5.37. The molecule has 0 aromatic carbocycles. The van der Waals surface area contributed by atoms with Crippen LogP contribution in [0, 0.1) is 22.0 Å². The zero-order valence-corrected chi connectivity index (χ0v) is 10.2. The van der Waals surface area contributed by atoms with Crippen molar-refractivity contribution in [3.05, 3.63) is 10.1 Å². The summed E-state index contributed by atoms with van der Waals surface area (Å²) < 4.78 is 0. The maximum atomic E-state index is 11.3. The van der Waals surface area contributed by atoms with Gasteiger partial charge in [0.25, 0.3) is 0 Å². The molecule has 0 heterocycles. The highest BCUT2D eigenvalue weighted by atomic mass is 16.6. The lowest BCUT2D eigenvalue weighted by Gasteiger charge is -2.40. The lowest BCUT2D eigenvalue weighted by atomic mass is 9.67. The van der Waals surface area contributed by atoms with Gasteiger partial charge in [0.1, 0.15) is 0 Å². The minimum atomic E-state index is -0.571. The number of rotatable bonds is 2. The van der Waals surface area contributed by atoms with Crippen molar-refractivity contribution in [2.45, 2.75) is 57.5 Å². The quantitative estimate of drug-likeness (QED) is 0.590. The second-order valence-electron chi connectivity index (χ2n) is 5.37. The Morgan fingerprint density at radius 1 is 1.24 bits per heavy atom. The van der Waals surface area contributed by atoms with E-state index in [1.54, 1.807) is 0 Å². The van der Waals surface area contributed by atoms with E-state index in [0.29, 0.717) is 5.92 Å². The molecule has 96 valence electrons. The molecule has 2 fully saturated rings. The number of hydrogen-bond acceptors (Lipinski definition) is 3. The van der Waals surface area contributed by atoms with Crippen LogP contribution in [0.4, 0.5) is 0 Å². The molecule has 1 amide bonds. The third-order valence-electron chi connectivity index (χ3n) is 4.30. The van der Waals surface area contributed by atoms with E-state index in [4.69, 9.17) is 0 Å². The molecule has 0 saturated heterocycles. The van der Waals surface area contributed by atoms with Crippen molar-refractivity contribution in [2.75, 3.05) is 0 Å². The molecule has 4 unspecified atom stereocenters. The summed E-state index contributed by atoms with van der Waals surface area (Å²) >= 11 is 0. The Hall–Kier alpha value is -1.13. The number of hydrogen-bond donors (Lipinski definition) is 1. The van der Waals surface area contributed by atoms with Crippen molar-refractivity contribution in [3.63, 3.8) is 0 Å². The predicted molar refractivity (Wildman–Crippen MR) is 63.1 cm³/mol. The van der Waals surface area contributed by atoms with E-state index in [0.717, 1.165) is 32.1 Å². The van der Waals surface area contributed by atoms with E-state index in [-0.39, 0.29) is 22.8 Å². The molecule has 0 aromatic rings. The standard InChI is InChI=1S/C12H20N2O3/c1-8(15)13-11-7-6-9-4-2-3-5-10(9)12(11)14(16)17/h9-12H,2-7H2,1H3,(H,13,15). The summed E-state index contributed by atoms with van der Waals surface area (Å²) in [5.41, 5.74) is 0. The van der Waals surface area contributed by atoms with Crippen LogP contribution >= 0.6 is 0 Å². The van der Waals surface area contributed by atoms with Gasteiger partial charge in [0.15, 0.2) is 0 Å². The van der Waals surface area contributed by atoms with Gasteiger partial charge in [0.2, 0.25) is 11.9 Å². The van der Waals surface area contributed by atoms with E-state index in [1.165, 1.54) is 13.3 Å². The monoisotopic (exact) mass is 240 g/mol. The third-order valence-corrected chi connectivity index (χ3v) is 4.30. The van der Waals surface area contributed by atoms with E-state index < -0.39 is 6.04 Å². The van der Waals surface area contributed by atoms with Crippen LogP contribution < -0.4 is 5.32 Å². The number of nitrogens with one attached hydrogen (secondary N) is 1. The first kappa shape index (κ1) is 12.3. The van der Waals surface area contributed by atoms with Crippen molar-refractivity contribution in [1.82, 2.24) is 5.32 Å². The van der Waals surface area contributed by atoms with Gasteiger partial charge in [-0.15, -0.1) is 0 Å². The Kier molecular flexibility index (Phi) is 3.64. The lowest BCUT2D eigenvalue weighted by Crippen LogP contribution is -2.55. The highest BCUT2D eigenvalue weighted by molar-refractivity contribution is 5.73. The van der Waals surface area contributed by atoms with Crippen LogP contribution in [0.2, 0.25) is 0 Å². The second kappa shape index (κ2) is 5.02. The summed E-state index contributed by atoms with van der Waals surface area (Å²) in [6.45, 7) is 1.43. The van der Waals surface area contributed by atoms with Gasteiger partial charge < -0.3 is 5.32 Å². The van der Waals surface area contributed by atoms with Crippen molar-refractivity contribution >= 4 is 5.91 Å². The number of carbonyl (C=O) groups excluding carboxylic acids is 1. The average Bonchev–Trinajstić information content (AvgIpc) is 2.27. The van der Waals surface area contributed by atoms with Gasteiger partial charge in [-0.2, -0.15) is 0 Å². The molecule has 5 nitrogen and oxygen atoms in total. The first-order valence-corrected chi connectivity index (χ1v) is 6.50. The van der Waals surface area contributed by atoms with Crippen molar-refractivity contribution < 1.29 is 9.72 Å². The average molecular weight is 240 g/mol. The maximum Gasteiger partial charge on any atom is 0.235 e. The molecule has 17 heavy (non-hydrogen) atoms. The van der Waals surface area contributed by atoms with E-state index in [2.05, 4.69) is 5.32 Å². The van der Waals surface area contributed by atoms with E-state index in [1.807, 2.05) is 0 Å². The van der Waals surface area contributed by atoms with Crippen LogP contribution in [-0.2, 0) is 4.79 Å². The van der Waals surface area contributed by atoms with Crippen LogP contribution in [0.15, 0.2) is 0 Å². The van der Waals surface area contributed by atoms with Crippen LogP contribution in [0.1, 0.15) is 45.4 Å². The Morgan fingerprint density at radius 3 is 2.59 bits per heavy atom. The molecule has 0 spiro atoms. The maximum absolute atomic E-state index is 11.3. The molecule has 2 saturated carbocycles. The molecular weight excluding hydrogens is 220 g/mol. The Balaban J connectivity index is 2.13. The first-order valence-electron chi connectivity index (χ1n) is 6.50. The molecule has 0 aliphatic heterocycles. The topological polar surface area (TPSA) is 72.2 Å². The third kappa shape index (κ3) is 2.58. The van der Waals surface area contributed by atoms with Gasteiger partial charge in [0.05, 0.1) is 6.04 Å². The minimum absolute atomic E-state index is 0.156. The number of carbonyl (C=O) groups is 1. The zero-order chi connectivity index (χ0) is 12.4. The van der Waals surface area contributed by atoms with Crippen LogP contribution in [0.3, 0.4) is 0 Å². The smallest absolute Gasteiger partial charge is 0.235 e. The molecule has 1 N–H and O–H groups in total. The number of amides is 1. The fraction of sp³-hybridized carbons (Fsp3) is 0.917. The Morgan fingerprint density at radius 2 is 1.94 bits per heavy atom. The highest BCUT2D eigenvalue weighted by Gasteiger charge is 2.47. The van der Waals surface area contributed by atoms with Crippen molar-refractivity contribution in [1.29, 1.82) is 0 Å². The van der Waals surface area contributed by atoms with E-state index in [9.17, 15) is 14.9 Å². The molecule has 0 bridgehead atoms. The first-order chi connectivity index (χ1) is 8.09. The molecule has 2 rings (SSSR count). The Bertz CT molecular complexity index is 319. The minimum Gasteiger partial charge on any atom is -0.347 e. The fourth-order valence-electron chi connectivity index (χ4n) is 3.63. The van der Waals surface area contributed by atoms with Crippen LogP contribution in [0.5, 0.6) is 0 Å². The summed E-state index contributed by atoms with van der Waals surface area (Å²) in [4.78, 5) is 22.2.